The molecule has 1 rings (SSSR count). The maximum Gasteiger partial charge on any atom is 0.335 e. The minimum Gasteiger partial charge on any atom is -0.478 e. The van der Waals surface area contributed by atoms with Crippen LogP contribution < -0.4 is 5.32 Å². The summed E-state index contributed by atoms with van der Waals surface area (Å²) in [6.07, 6.45) is 0.0223. The van der Waals surface area contributed by atoms with Gasteiger partial charge < -0.3 is 15.2 Å². The maximum atomic E-state index is 11.8. The Bertz CT molecular complexity index is 457. The Balaban J connectivity index is 2.90. The van der Waals surface area contributed by atoms with Gasteiger partial charge in [0.25, 0.3) is 5.91 Å². The number of benzene rings is 1. The zero-order valence-corrected chi connectivity index (χ0v) is 12.2. The molecule has 18 heavy (non-hydrogen) atoms. The molecule has 0 spiro atoms. The molecule has 0 heterocycles. The van der Waals surface area contributed by atoms with Crippen molar-refractivity contribution >= 4 is 40.2 Å². The number of carbonyl (C=O) groups excluding carboxylic acids is 1. The lowest BCUT2D eigenvalue weighted by molar-refractivity contribution is -0.125. The Labute approximate surface area is 119 Å². The van der Waals surface area contributed by atoms with E-state index in [1.807, 2.05) is 29.5 Å². The van der Waals surface area contributed by atoms with E-state index in [-0.39, 0.29) is 11.5 Å². The van der Waals surface area contributed by atoms with E-state index in [4.69, 9.17) is 9.84 Å². The molecule has 0 saturated heterocycles. The summed E-state index contributed by atoms with van der Waals surface area (Å²) in [6.45, 7) is 1.84. The largest absolute Gasteiger partial charge is 0.478 e. The number of hydrogen-bond donors (Lipinski definition) is 2. The molecule has 0 aliphatic carbocycles. The number of nitrogens with one attached hydrogen (secondary N) is 1. The zero-order chi connectivity index (χ0) is 13.7. The monoisotopic (exact) mass is 363 g/mol. The Morgan fingerprint density at radius 2 is 2.11 bits per heavy atom. The predicted octanol–water partition coefficient (Wildman–Crippen LogP) is 2.35. The second kappa shape index (κ2) is 6.69. The van der Waals surface area contributed by atoms with E-state index in [9.17, 15) is 9.59 Å². The number of aromatic carboxylic acids is 1. The minimum absolute atomic E-state index is 0.141. The smallest absolute Gasteiger partial charge is 0.335 e. The lowest BCUT2D eigenvalue weighted by Gasteiger charge is -2.13. The van der Waals surface area contributed by atoms with Crippen LogP contribution in [-0.2, 0) is 9.53 Å². The molecule has 98 valence electrons. The van der Waals surface area contributed by atoms with Gasteiger partial charge in [0.1, 0.15) is 6.10 Å². The van der Waals surface area contributed by atoms with E-state index in [1.54, 1.807) is 6.07 Å². The van der Waals surface area contributed by atoms with Crippen molar-refractivity contribution in [2.24, 2.45) is 0 Å². The Kier molecular flexibility index (Phi) is 5.54. The number of methoxy groups -OCH3 is 1. The van der Waals surface area contributed by atoms with Crippen LogP contribution in [0.4, 0.5) is 5.69 Å². The average Bonchev–Trinajstić information content (AvgIpc) is 2.29. The first-order chi connectivity index (χ1) is 8.47. The molecule has 1 aromatic carbocycles. The fourth-order valence-electron chi connectivity index (χ4n) is 1.47. The van der Waals surface area contributed by atoms with Gasteiger partial charge in [0, 0.05) is 16.4 Å². The summed E-state index contributed by atoms with van der Waals surface area (Å²) in [6, 6.07) is 4.66. The zero-order valence-electron chi connectivity index (χ0n) is 10.1. The van der Waals surface area contributed by atoms with Crippen molar-refractivity contribution in [2.45, 2.75) is 19.4 Å². The van der Waals surface area contributed by atoms with Gasteiger partial charge in [-0.05, 0) is 47.2 Å². The molecule has 0 fully saturated rings. The van der Waals surface area contributed by atoms with Crippen LogP contribution in [0.2, 0.25) is 0 Å². The van der Waals surface area contributed by atoms with Gasteiger partial charge in [0.15, 0.2) is 0 Å². The molecule has 2 N–H and O–H groups in total. The van der Waals surface area contributed by atoms with Gasteiger partial charge in [0.2, 0.25) is 0 Å². The molecule has 0 aliphatic heterocycles. The first-order valence-corrected chi connectivity index (χ1v) is 6.43. The van der Waals surface area contributed by atoms with Gasteiger partial charge in [0.05, 0.1) is 5.56 Å². The standard InChI is InChI=1S/C12H14INO4/c1-3-10(18-2)11(15)14-9-5-7(12(16)17)4-8(13)6-9/h4-6,10H,3H2,1-2H3,(H,14,15)(H,16,17). The molecular formula is C12H14INO4. The molecule has 5 nitrogen and oxygen atoms in total. The highest BCUT2D eigenvalue weighted by Gasteiger charge is 2.16. The van der Waals surface area contributed by atoms with Gasteiger partial charge in [-0.1, -0.05) is 6.92 Å². The second-order valence-corrected chi connectivity index (χ2v) is 4.90. The normalized spacial score (nSPS) is 11.9. The summed E-state index contributed by atoms with van der Waals surface area (Å²) < 4.78 is 5.75. The number of anilines is 1. The molecule has 6 heteroatoms. The van der Waals surface area contributed by atoms with Crippen molar-refractivity contribution in [1.29, 1.82) is 0 Å². The van der Waals surface area contributed by atoms with Gasteiger partial charge >= 0.3 is 5.97 Å². The van der Waals surface area contributed by atoms with Gasteiger partial charge in [-0.3, -0.25) is 4.79 Å². The van der Waals surface area contributed by atoms with E-state index in [0.29, 0.717) is 12.1 Å². The molecular weight excluding hydrogens is 349 g/mol. The van der Waals surface area contributed by atoms with Gasteiger partial charge in [-0.2, -0.15) is 0 Å². The first kappa shape index (κ1) is 14.9. The van der Waals surface area contributed by atoms with Gasteiger partial charge in [-0.15, -0.1) is 0 Å². The predicted molar refractivity (Wildman–Crippen MR) is 75.8 cm³/mol. The summed E-state index contributed by atoms with van der Waals surface area (Å²) >= 11 is 2.00. The lowest BCUT2D eigenvalue weighted by atomic mass is 10.2. The Hall–Kier alpha value is -1.15. The van der Waals surface area contributed by atoms with Crippen LogP contribution in [-0.4, -0.2) is 30.2 Å². The number of ether oxygens (including phenoxy) is 1. The molecule has 1 aromatic rings. The number of carbonyl (C=O) groups is 2. The average molecular weight is 363 g/mol. The number of carboxylic acid groups (broad SMARTS) is 1. The molecule has 0 saturated carbocycles. The van der Waals surface area contributed by atoms with Crippen molar-refractivity contribution in [2.75, 3.05) is 12.4 Å². The highest BCUT2D eigenvalue weighted by Crippen LogP contribution is 2.17. The van der Waals surface area contributed by atoms with Crippen molar-refractivity contribution in [3.8, 4) is 0 Å². The summed E-state index contributed by atoms with van der Waals surface area (Å²) in [5.41, 5.74) is 0.600. The number of amides is 1. The van der Waals surface area contributed by atoms with Crippen LogP contribution in [0.1, 0.15) is 23.7 Å². The van der Waals surface area contributed by atoms with Crippen molar-refractivity contribution in [3.63, 3.8) is 0 Å². The Morgan fingerprint density at radius 1 is 1.44 bits per heavy atom. The summed E-state index contributed by atoms with van der Waals surface area (Å²) in [4.78, 5) is 22.7. The Morgan fingerprint density at radius 3 is 2.61 bits per heavy atom. The van der Waals surface area contributed by atoms with E-state index >= 15 is 0 Å². The highest BCUT2D eigenvalue weighted by molar-refractivity contribution is 14.1. The number of carboxylic acids is 1. The molecule has 0 radical (unpaired) electrons. The topological polar surface area (TPSA) is 75.6 Å². The maximum absolute atomic E-state index is 11.8. The second-order valence-electron chi connectivity index (χ2n) is 3.66. The fourth-order valence-corrected chi connectivity index (χ4v) is 2.14. The molecule has 0 aromatic heterocycles. The fraction of sp³-hybridized carbons (Fsp3) is 0.333. The lowest BCUT2D eigenvalue weighted by Crippen LogP contribution is -2.28. The molecule has 1 unspecified atom stereocenters. The van der Waals surface area contributed by atoms with Crippen molar-refractivity contribution in [3.05, 3.63) is 27.3 Å². The van der Waals surface area contributed by atoms with Crippen LogP contribution >= 0.6 is 22.6 Å². The number of rotatable bonds is 5. The van der Waals surface area contributed by atoms with Crippen LogP contribution in [0.15, 0.2) is 18.2 Å². The van der Waals surface area contributed by atoms with Crippen LogP contribution in [0, 0.1) is 3.57 Å². The van der Waals surface area contributed by atoms with E-state index in [0.717, 1.165) is 3.57 Å². The molecule has 0 bridgehead atoms. The van der Waals surface area contributed by atoms with Gasteiger partial charge in [-0.25, -0.2) is 4.79 Å². The van der Waals surface area contributed by atoms with Crippen LogP contribution in [0.5, 0.6) is 0 Å². The highest BCUT2D eigenvalue weighted by atomic mass is 127. The number of hydrogen-bond acceptors (Lipinski definition) is 3. The molecule has 1 amide bonds. The van der Waals surface area contributed by atoms with E-state index in [1.165, 1.54) is 19.2 Å². The third-order valence-electron chi connectivity index (χ3n) is 2.36. The van der Waals surface area contributed by atoms with Crippen LogP contribution in [0.3, 0.4) is 0 Å². The van der Waals surface area contributed by atoms with E-state index in [2.05, 4.69) is 5.32 Å². The summed E-state index contributed by atoms with van der Waals surface area (Å²) in [5, 5.41) is 11.6. The molecule has 1 atom stereocenters. The van der Waals surface area contributed by atoms with Crippen LogP contribution in [0.25, 0.3) is 0 Å². The van der Waals surface area contributed by atoms with E-state index < -0.39 is 12.1 Å². The quantitative estimate of drug-likeness (QED) is 0.788. The number of halogens is 1. The van der Waals surface area contributed by atoms with Crippen molar-refractivity contribution < 1.29 is 19.4 Å². The summed E-state index contributed by atoms with van der Waals surface area (Å²) in [5.74, 6) is -1.30. The molecule has 0 aliphatic rings. The third-order valence-corrected chi connectivity index (χ3v) is 2.98. The van der Waals surface area contributed by atoms with Crippen molar-refractivity contribution in [1.82, 2.24) is 0 Å². The SMILES string of the molecule is CCC(OC)C(=O)Nc1cc(I)cc(C(=O)O)c1. The first-order valence-electron chi connectivity index (χ1n) is 5.35. The summed E-state index contributed by atoms with van der Waals surface area (Å²) in [7, 11) is 1.46. The third kappa shape index (κ3) is 3.95. The minimum atomic E-state index is -1.03.